The van der Waals surface area contributed by atoms with E-state index in [4.69, 9.17) is 9.47 Å². The number of nitrogens with zero attached hydrogens (tertiary/aromatic N) is 2. The Morgan fingerprint density at radius 1 is 1.39 bits per heavy atom. The van der Waals surface area contributed by atoms with Gasteiger partial charge in [-0.2, -0.15) is 0 Å². The summed E-state index contributed by atoms with van der Waals surface area (Å²) in [6.07, 6.45) is 4.14. The lowest BCUT2D eigenvalue weighted by atomic mass is 10.0. The van der Waals surface area contributed by atoms with Crippen LogP contribution < -0.4 is 10.6 Å². The van der Waals surface area contributed by atoms with Crippen LogP contribution in [0, 0.1) is 5.92 Å². The molecule has 3 heterocycles. The van der Waals surface area contributed by atoms with Gasteiger partial charge in [0.15, 0.2) is 5.69 Å². The van der Waals surface area contributed by atoms with Crippen molar-refractivity contribution in [2.45, 2.75) is 78.2 Å². The standard InChI is InChI=1S/C24H36N4O5/c1-7-14(2)22(29)27-19-18-11-16(26-15(3)24(4,5)31)12-25-21(18)28(20(19)23(30)32-6)13-17-9-8-10-33-17/h11-12,14-15,17,26,31H,7-10,13H2,1-6H3,(H,27,29)/t14-,15+,17-/m1/s1. The van der Waals surface area contributed by atoms with Gasteiger partial charge in [-0.15, -0.1) is 0 Å². The van der Waals surface area contributed by atoms with E-state index in [1.165, 1.54) is 7.11 Å². The third-order valence-corrected chi connectivity index (χ3v) is 6.44. The van der Waals surface area contributed by atoms with Gasteiger partial charge >= 0.3 is 5.97 Å². The van der Waals surface area contributed by atoms with Crippen molar-refractivity contribution in [1.29, 1.82) is 0 Å². The number of fused-ring (bicyclic) bond motifs is 1. The van der Waals surface area contributed by atoms with Gasteiger partial charge in [0, 0.05) is 17.9 Å². The average molecular weight is 461 g/mol. The third-order valence-electron chi connectivity index (χ3n) is 6.44. The molecule has 1 aliphatic heterocycles. The lowest BCUT2D eigenvalue weighted by Crippen LogP contribution is -2.39. The van der Waals surface area contributed by atoms with Crippen LogP contribution in [0.5, 0.6) is 0 Å². The van der Waals surface area contributed by atoms with E-state index in [1.54, 1.807) is 24.6 Å². The van der Waals surface area contributed by atoms with Crippen LogP contribution in [0.3, 0.4) is 0 Å². The van der Waals surface area contributed by atoms with Gasteiger partial charge in [-0.25, -0.2) is 9.78 Å². The second kappa shape index (κ2) is 10.1. The van der Waals surface area contributed by atoms with Crippen molar-refractivity contribution >= 4 is 34.3 Å². The van der Waals surface area contributed by atoms with Crippen molar-refractivity contribution in [3.63, 3.8) is 0 Å². The third kappa shape index (κ3) is 5.47. The van der Waals surface area contributed by atoms with E-state index in [0.717, 1.165) is 12.8 Å². The minimum Gasteiger partial charge on any atom is -0.464 e. The number of pyridine rings is 1. The number of esters is 1. The first-order valence-electron chi connectivity index (χ1n) is 11.6. The number of nitrogens with one attached hydrogen (secondary N) is 2. The van der Waals surface area contributed by atoms with Gasteiger partial charge in [0.2, 0.25) is 5.91 Å². The van der Waals surface area contributed by atoms with Crippen LogP contribution in [0.25, 0.3) is 11.0 Å². The lowest BCUT2D eigenvalue weighted by molar-refractivity contribution is -0.119. The van der Waals surface area contributed by atoms with Gasteiger partial charge in [0.05, 0.1) is 49.0 Å². The summed E-state index contributed by atoms with van der Waals surface area (Å²) in [4.78, 5) is 30.4. The predicted molar refractivity (Wildman–Crippen MR) is 128 cm³/mol. The highest BCUT2D eigenvalue weighted by Crippen LogP contribution is 2.34. The summed E-state index contributed by atoms with van der Waals surface area (Å²) in [5, 5.41) is 17.2. The van der Waals surface area contributed by atoms with Crippen LogP contribution in [-0.4, -0.2) is 58.0 Å². The highest BCUT2D eigenvalue weighted by molar-refractivity contribution is 6.11. The molecule has 33 heavy (non-hydrogen) atoms. The minimum absolute atomic E-state index is 0.0445. The van der Waals surface area contributed by atoms with E-state index >= 15 is 0 Å². The Bertz CT molecular complexity index is 1000. The molecular weight excluding hydrogens is 424 g/mol. The van der Waals surface area contributed by atoms with Crippen molar-refractivity contribution in [2.24, 2.45) is 5.92 Å². The lowest BCUT2D eigenvalue weighted by Gasteiger charge is -2.27. The Morgan fingerprint density at radius 2 is 2.12 bits per heavy atom. The van der Waals surface area contributed by atoms with Gasteiger partial charge in [0.25, 0.3) is 0 Å². The number of aromatic nitrogens is 2. The van der Waals surface area contributed by atoms with E-state index < -0.39 is 11.6 Å². The summed E-state index contributed by atoms with van der Waals surface area (Å²) in [6.45, 7) is 10.2. The van der Waals surface area contributed by atoms with Gasteiger partial charge in [0.1, 0.15) is 5.65 Å². The molecule has 9 heteroatoms. The monoisotopic (exact) mass is 460 g/mol. The van der Waals surface area contributed by atoms with Crippen molar-refractivity contribution in [1.82, 2.24) is 9.55 Å². The van der Waals surface area contributed by atoms with E-state index in [0.29, 0.717) is 42.0 Å². The molecular formula is C24H36N4O5. The second-order valence-electron chi connectivity index (χ2n) is 9.37. The van der Waals surface area contributed by atoms with Crippen LogP contribution in [-0.2, 0) is 20.8 Å². The second-order valence-corrected chi connectivity index (χ2v) is 9.37. The van der Waals surface area contributed by atoms with Gasteiger partial charge in [-0.1, -0.05) is 13.8 Å². The van der Waals surface area contributed by atoms with Crippen LogP contribution in [0.2, 0.25) is 0 Å². The zero-order valence-corrected chi connectivity index (χ0v) is 20.4. The molecule has 3 N–H and O–H groups in total. The molecule has 0 saturated carbocycles. The van der Waals surface area contributed by atoms with Crippen LogP contribution in [0.15, 0.2) is 12.3 Å². The average Bonchev–Trinajstić information content (AvgIpc) is 3.38. The number of anilines is 2. The fourth-order valence-corrected chi connectivity index (χ4v) is 3.77. The zero-order chi connectivity index (χ0) is 24.3. The predicted octanol–water partition coefficient (Wildman–Crippen LogP) is 3.56. The van der Waals surface area contributed by atoms with Crippen molar-refractivity contribution in [3.8, 4) is 0 Å². The number of carbonyl (C=O) groups excluding carboxylic acids is 2. The highest BCUT2D eigenvalue weighted by atomic mass is 16.5. The number of amides is 1. The summed E-state index contributed by atoms with van der Waals surface area (Å²) in [6, 6.07) is 1.58. The number of hydrogen-bond acceptors (Lipinski definition) is 7. The first-order chi connectivity index (χ1) is 15.6. The van der Waals surface area contributed by atoms with Gasteiger partial charge in [-0.3, -0.25) is 4.79 Å². The zero-order valence-electron chi connectivity index (χ0n) is 20.4. The molecule has 1 amide bonds. The molecule has 0 spiro atoms. The summed E-state index contributed by atoms with van der Waals surface area (Å²) in [5.41, 5.74) is 0.909. The maximum Gasteiger partial charge on any atom is 0.356 e. The number of ether oxygens (including phenoxy) is 2. The molecule has 0 aromatic carbocycles. The molecule has 1 saturated heterocycles. The number of hydrogen-bond donors (Lipinski definition) is 3. The molecule has 2 aromatic heterocycles. The molecule has 0 radical (unpaired) electrons. The van der Waals surface area contributed by atoms with Crippen LogP contribution >= 0.6 is 0 Å². The SMILES string of the molecule is CC[C@@H](C)C(=O)Nc1c(C(=O)OC)n(C[C@H]2CCCO2)c2ncc(N[C@@H](C)C(C)(C)O)cc12. The van der Waals surface area contributed by atoms with Crippen molar-refractivity contribution < 1.29 is 24.2 Å². The van der Waals surface area contributed by atoms with Crippen molar-refractivity contribution in [3.05, 3.63) is 18.0 Å². The fourth-order valence-electron chi connectivity index (χ4n) is 3.77. The van der Waals surface area contributed by atoms with E-state index in [2.05, 4.69) is 15.6 Å². The van der Waals surface area contributed by atoms with E-state index in [9.17, 15) is 14.7 Å². The Labute approximate surface area is 194 Å². The largest absolute Gasteiger partial charge is 0.464 e. The minimum atomic E-state index is -0.953. The maximum absolute atomic E-state index is 12.9. The molecule has 182 valence electrons. The molecule has 2 aromatic rings. The Balaban J connectivity index is 2.15. The smallest absolute Gasteiger partial charge is 0.356 e. The molecule has 0 aliphatic carbocycles. The Morgan fingerprint density at radius 3 is 2.70 bits per heavy atom. The quantitative estimate of drug-likeness (QED) is 0.490. The molecule has 3 rings (SSSR count). The summed E-state index contributed by atoms with van der Waals surface area (Å²) in [7, 11) is 1.32. The first-order valence-corrected chi connectivity index (χ1v) is 11.6. The first kappa shape index (κ1) is 25.0. The topological polar surface area (TPSA) is 115 Å². The highest BCUT2D eigenvalue weighted by Gasteiger charge is 2.30. The number of methoxy groups -OCH3 is 1. The fraction of sp³-hybridized carbons (Fsp3) is 0.625. The maximum atomic E-state index is 12.9. The number of rotatable bonds is 9. The molecule has 1 fully saturated rings. The van der Waals surface area contributed by atoms with E-state index in [1.807, 2.05) is 26.8 Å². The van der Waals surface area contributed by atoms with Crippen LogP contribution in [0.4, 0.5) is 11.4 Å². The Kier molecular flexibility index (Phi) is 7.64. The molecule has 0 bridgehead atoms. The van der Waals surface area contributed by atoms with Crippen LogP contribution in [0.1, 0.15) is 64.4 Å². The van der Waals surface area contributed by atoms with E-state index in [-0.39, 0.29) is 29.7 Å². The molecule has 3 atom stereocenters. The number of carbonyl (C=O) groups is 2. The van der Waals surface area contributed by atoms with Crippen molar-refractivity contribution in [2.75, 3.05) is 24.4 Å². The normalized spacial score (nSPS) is 18.2. The Hall–Kier alpha value is -2.65. The summed E-state index contributed by atoms with van der Waals surface area (Å²) >= 11 is 0. The summed E-state index contributed by atoms with van der Waals surface area (Å²) < 4.78 is 12.7. The summed E-state index contributed by atoms with van der Waals surface area (Å²) in [5.74, 6) is -0.955. The van der Waals surface area contributed by atoms with Gasteiger partial charge in [-0.05, 0) is 46.1 Å². The molecule has 1 aliphatic rings. The van der Waals surface area contributed by atoms with Gasteiger partial charge < -0.3 is 29.8 Å². The number of aliphatic hydroxyl groups is 1. The molecule has 0 unspecified atom stereocenters. The molecule has 9 nitrogen and oxygen atoms in total.